The lowest BCUT2D eigenvalue weighted by molar-refractivity contribution is 0.0933. The molecule has 1 aromatic carbocycles. The summed E-state index contributed by atoms with van der Waals surface area (Å²) in [6.07, 6.45) is 1.78. The molecule has 2 aromatic heterocycles. The van der Waals surface area contributed by atoms with E-state index in [0.29, 0.717) is 0 Å². The van der Waals surface area contributed by atoms with Crippen LogP contribution in [0.4, 0.5) is 5.95 Å². The number of benzene rings is 1. The van der Waals surface area contributed by atoms with E-state index in [4.69, 9.17) is 0 Å². The molecule has 0 unspecified atom stereocenters. The summed E-state index contributed by atoms with van der Waals surface area (Å²) in [5, 5.41) is 17.7. The summed E-state index contributed by atoms with van der Waals surface area (Å²) >= 11 is 1.61. The number of amides is 1. The highest BCUT2D eigenvalue weighted by Crippen LogP contribution is 2.26. The van der Waals surface area contributed by atoms with Gasteiger partial charge in [-0.2, -0.15) is 0 Å². The number of aryl methyl sites for hydroxylation is 1. The Morgan fingerprint density at radius 3 is 2.83 bits per heavy atom. The monoisotopic (exact) mass is 342 g/mol. The minimum absolute atomic E-state index is 0.0197. The van der Waals surface area contributed by atoms with Gasteiger partial charge in [0, 0.05) is 41.6 Å². The van der Waals surface area contributed by atoms with Gasteiger partial charge in [-0.15, -0.1) is 11.3 Å². The fourth-order valence-corrected chi connectivity index (χ4v) is 4.07. The molecule has 0 atom stereocenters. The van der Waals surface area contributed by atoms with Crippen molar-refractivity contribution in [1.29, 1.82) is 0 Å². The second-order valence-corrected chi connectivity index (χ2v) is 6.89. The van der Waals surface area contributed by atoms with E-state index in [-0.39, 0.29) is 11.9 Å². The van der Waals surface area contributed by atoms with Crippen molar-refractivity contribution >= 4 is 33.3 Å². The van der Waals surface area contributed by atoms with Crippen LogP contribution in [0, 0.1) is 0 Å². The summed E-state index contributed by atoms with van der Waals surface area (Å²) in [7, 11) is 1.84. The Kier molecular flexibility index (Phi) is 3.89. The zero-order valence-corrected chi connectivity index (χ0v) is 14.2. The van der Waals surface area contributed by atoms with E-state index in [1.165, 1.54) is 0 Å². The SMILES string of the molecule is Cn1nnnc1N1CCC(NC(=O)c2csc3ccccc23)CC1. The van der Waals surface area contributed by atoms with Crippen LogP contribution in [0.25, 0.3) is 10.1 Å². The molecule has 1 aliphatic rings. The Morgan fingerprint density at radius 1 is 1.29 bits per heavy atom. The molecule has 1 fully saturated rings. The molecule has 1 saturated heterocycles. The highest BCUT2D eigenvalue weighted by Gasteiger charge is 2.24. The van der Waals surface area contributed by atoms with Crippen molar-refractivity contribution in [2.24, 2.45) is 7.05 Å². The molecular formula is C16H18N6OS. The summed E-state index contributed by atoms with van der Waals surface area (Å²) in [6.45, 7) is 1.67. The van der Waals surface area contributed by atoms with Gasteiger partial charge in [-0.25, -0.2) is 4.68 Å². The first-order valence-corrected chi connectivity index (χ1v) is 8.85. The van der Waals surface area contributed by atoms with E-state index in [9.17, 15) is 4.79 Å². The van der Waals surface area contributed by atoms with Gasteiger partial charge in [0.15, 0.2) is 0 Å². The van der Waals surface area contributed by atoms with E-state index in [2.05, 4.69) is 25.7 Å². The van der Waals surface area contributed by atoms with Crippen molar-refractivity contribution in [2.75, 3.05) is 18.0 Å². The minimum atomic E-state index is 0.0197. The Bertz CT molecular complexity index is 864. The Labute approximate surface area is 143 Å². The number of aromatic nitrogens is 4. The van der Waals surface area contributed by atoms with Gasteiger partial charge < -0.3 is 10.2 Å². The lowest BCUT2D eigenvalue weighted by Crippen LogP contribution is -2.45. The van der Waals surface area contributed by atoms with Crippen LogP contribution in [-0.4, -0.2) is 45.2 Å². The first-order valence-electron chi connectivity index (χ1n) is 7.97. The summed E-state index contributed by atoms with van der Waals surface area (Å²) in [6, 6.07) is 8.21. The number of anilines is 1. The second-order valence-electron chi connectivity index (χ2n) is 5.98. The van der Waals surface area contributed by atoms with Crippen molar-refractivity contribution in [3.63, 3.8) is 0 Å². The first kappa shape index (κ1) is 15.1. The third-order valence-corrected chi connectivity index (χ3v) is 5.40. The average molecular weight is 342 g/mol. The van der Waals surface area contributed by atoms with Crippen molar-refractivity contribution in [3.8, 4) is 0 Å². The lowest BCUT2D eigenvalue weighted by atomic mass is 10.0. The van der Waals surface area contributed by atoms with Crippen molar-refractivity contribution in [3.05, 3.63) is 35.2 Å². The smallest absolute Gasteiger partial charge is 0.252 e. The summed E-state index contributed by atoms with van der Waals surface area (Å²) in [5.74, 6) is 0.801. The van der Waals surface area contributed by atoms with Gasteiger partial charge in [0.2, 0.25) is 5.95 Å². The first-order chi connectivity index (χ1) is 11.7. The van der Waals surface area contributed by atoms with Crippen LogP contribution in [-0.2, 0) is 7.05 Å². The van der Waals surface area contributed by atoms with Gasteiger partial charge in [-0.3, -0.25) is 4.79 Å². The molecule has 1 aliphatic heterocycles. The highest BCUT2D eigenvalue weighted by molar-refractivity contribution is 7.17. The molecule has 0 aliphatic carbocycles. The van der Waals surface area contributed by atoms with Crippen LogP contribution in [0.1, 0.15) is 23.2 Å². The summed E-state index contributed by atoms with van der Waals surface area (Å²) in [4.78, 5) is 14.8. The number of hydrogen-bond donors (Lipinski definition) is 1. The number of rotatable bonds is 3. The van der Waals surface area contributed by atoms with E-state index >= 15 is 0 Å². The molecule has 4 rings (SSSR count). The molecule has 1 N–H and O–H groups in total. The van der Waals surface area contributed by atoms with Crippen LogP contribution in [0.5, 0.6) is 0 Å². The van der Waals surface area contributed by atoms with E-state index < -0.39 is 0 Å². The molecule has 0 saturated carbocycles. The number of carbonyl (C=O) groups is 1. The predicted octanol–water partition coefficient (Wildman–Crippen LogP) is 1.82. The number of nitrogens with zero attached hydrogens (tertiary/aromatic N) is 5. The molecule has 7 nitrogen and oxygen atoms in total. The second kappa shape index (κ2) is 6.20. The number of thiophene rings is 1. The quantitative estimate of drug-likeness (QED) is 0.786. The number of carbonyl (C=O) groups excluding carboxylic acids is 1. The van der Waals surface area contributed by atoms with Crippen molar-refractivity contribution < 1.29 is 4.79 Å². The zero-order valence-electron chi connectivity index (χ0n) is 13.3. The number of fused-ring (bicyclic) bond motifs is 1. The fraction of sp³-hybridized carbons (Fsp3) is 0.375. The van der Waals surface area contributed by atoms with Crippen LogP contribution < -0.4 is 10.2 Å². The summed E-state index contributed by atoms with van der Waals surface area (Å²) < 4.78 is 2.82. The third kappa shape index (κ3) is 2.73. The van der Waals surface area contributed by atoms with Gasteiger partial charge in [-0.1, -0.05) is 23.3 Å². The molecule has 3 aromatic rings. The molecule has 0 spiro atoms. The number of tetrazole rings is 1. The Morgan fingerprint density at radius 2 is 2.08 bits per heavy atom. The minimum Gasteiger partial charge on any atom is -0.349 e. The Balaban J connectivity index is 1.40. The van der Waals surface area contributed by atoms with Gasteiger partial charge in [0.25, 0.3) is 5.91 Å². The summed E-state index contributed by atoms with van der Waals surface area (Å²) in [5.41, 5.74) is 0.774. The predicted molar refractivity (Wildman–Crippen MR) is 93.3 cm³/mol. The van der Waals surface area contributed by atoms with Crippen LogP contribution in [0.3, 0.4) is 0 Å². The Hall–Kier alpha value is -2.48. The maximum atomic E-state index is 12.6. The zero-order chi connectivity index (χ0) is 16.5. The fourth-order valence-electron chi connectivity index (χ4n) is 3.13. The van der Waals surface area contributed by atoms with Gasteiger partial charge in [0.1, 0.15) is 0 Å². The van der Waals surface area contributed by atoms with Crippen molar-refractivity contribution in [2.45, 2.75) is 18.9 Å². The highest BCUT2D eigenvalue weighted by atomic mass is 32.1. The van der Waals surface area contributed by atoms with E-state index in [0.717, 1.165) is 47.5 Å². The van der Waals surface area contributed by atoms with Crippen LogP contribution >= 0.6 is 11.3 Å². The third-order valence-electron chi connectivity index (χ3n) is 4.44. The van der Waals surface area contributed by atoms with Gasteiger partial charge in [-0.05, 0) is 29.3 Å². The number of nitrogens with one attached hydrogen (secondary N) is 1. The van der Waals surface area contributed by atoms with Gasteiger partial charge in [0.05, 0.1) is 5.56 Å². The largest absolute Gasteiger partial charge is 0.349 e. The maximum absolute atomic E-state index is 12.6. The molecule has 1 amide bonds. The molecule has 3 heterocycles. The molecular weight excluding hydrogens is 324 g/mol. The molecule has 24 heavy (non-hydrogen) atoms. The molecule has 124 valence electrons. The topological polar surface area (TPSA) is 75.9 Å². The van der Waals surface area contributed by atoms with E-state index in [1.807, 2.05) is 36.7 Å². The number of hydrogen-bond acceptors (Lipinski definition) is 6. The van der Waals surface area contributed by atoms with Crippen molar-refractivity contribution in [1.82, 2.24) is 25.5 Å². The molecule has 8 heteroatoms. The molecule has 0 radical (unpaired) electrons. The van der Waals surface area contributed by atoms with Gasteiger partial charge >= 0.3 is 0 Å². The average Bonchev–Trinajstić information content (AvgIpc) is 3.22. The maximum Gasteiger partial charge on any atom is 0.252 e. The van der Waals surface area contributed by atoms with Crippen LogP contribution in [0.2, 0.25) is 0 Å². The number of piperidine rings is 1. The van der Waals surface area contributed by atoms with E-state index in [1.54, 1.807) is 16.0 Å². The normalized spacial score (nSPS) is 15.8. The molecule has 0 bridgehead atoms. The standard InChI is InChI=1S/C16H18N6OS/c1-21-16(18-19-20-21)22-8-6-11(7-9-22)17-15(23)13-10-24-14-5-3-2-4-12(13)14/h2-5,10-11H,6-9H2,1H3,(H,17,23). The van der Waals surface area contributed by atoms with Crippen LogP contribution in [0.15, 0.2) is 29.6 Å². The lowest BCUT2D eigenvalue weighted by Gasteiger charge is -2.32.